The molecule has 0 aliphatic rings. The molecule has 0 fully saturated rings. The minimum atomic E-state index is 0.456. The molecular formula is C11H25NSi. The fourth-order valence-electron chi connectivity index (χ4n) is 1.45. The van der Waals surface area contributed by atoms with Crippen LogP contribution in [0.15, 0.2) is 11.6 Å². The van der Waals surface area contributed by atoms with Gasteiger partial charge in [-0.05, 0) is 25.1 Å². The maximum atomic E-state index is 2.48. The first-order chi connectivity index (χ1) is 5.95. The lowest BCUT2D eigenvalue weighted by Gasteiger charge is -2.28. The number of likely N-dealkylation sites (N-methyl/N-ethyl adjacent to an activating group) is 1. The van der Waals surface area contributed by atoms with Crippen LogP contribution in [0.1, 0.15) is 34.6 Å². The summed E-state index contributed by atoms with van der Waals surface area (Å²) in [7, 11) is 1.24. The number of rotatable bonds is 5. The molecule has 0 rings (SSSR count). The monoisotopic (exact) mass is 199 g/mol. The minimum Gasteiger partial charge on any atom is -0.300 e. The lowest BCUT2D eigenvalue weighted by atomic mass is 10.0. The van der Waals surface area contributed by atoms with Crippen LogP contribution in [0.2, 0.25) is 5.04 Å². The first-order valence-corrected chi connectivity index (χ1v) is 6.33. The Morgan fingerprint density at radius 1 is 1.31 bits per heavy atom. The Balaban J connectivity index is 4.30. The summed E-state index contributed by atoms with van der Waals surface area (Å²) in [6.45, 7) is 14.8. The van der Waals surface area contributed by atoms with E-state index in [0.717, 1.165) is 19.6 Å². The molecule has 13 heavy (non-hydrogen) atoms. The van der Waals surface area contributed by atoms with E-state index in [-0.39, 0.29) is 0 Å². The molecule has 1 nitrogen and oxygen atoms in total. The summed E-state index contributed by atoms with van der Waals surface area (Å²) in [5.74, 6) is 0. The van der Waals surface area contributed by atoms with Gasteiger partial charge in [0.25, 0.3) is 0 Å². The van der Waals surface area contributed by atoms with Crippen LogP contribution < -0.4 is 0 Å². The highest BCUT2D eigenvalue weighted by atomic mass is 28.1. The summed E-state index contributed by atoms with van der Waals surface area (Å²) in [5, 5.41) is 0.456. The zero-order chi connectivity index (χ0) is 10.5. The maximum absolute atomic E-state index is 2.48. The van der Waals surface area contributed by atoms with Gasteiger partial charge in [-0.2, -0.15) is 0 Å². The van der Waals surface area contributed by atoms with Crippen LogP contribution >= 0.6 is 0 Å². The molecule has 0 aliphatic heterocycles. The van der Waals surface area contributed by atoms with E-state index in [2.05, 4.69) is 45.6 Å². The highest BCUT2D eigenvalue weighted by Crippen LogP contribution is 2.29. The molecule has 0 unspecified atom stereocenters. The molecule has 0 atom stereocenters. The molecule has 0 aliphatic carbocycles. The lowest BCUT2D eigenvalue weighted by Crippen LogP contribution is -2.28. The Bertz CT molecular complexity index is 163. The van der Waals surface area contributed by atoms with Gasteiger partial charge in [-0.15, -0.1) is 0 Å². The molecule has 0 saturated carbocycles. The van der Waals surface area contributed by atoms with Gasteiger partial charge in [-0.3, -0.25) is 4.90 Å². The second-order valence-corrected chi connectivity index (χ2v) is 7.03. The van der Waals surface area contributed by atoms with Crippen molar-refractivity contribution in [2.24, 2.45) is 0 Å². The second kappa shape index (κ2) is 5.61. The van der Waals surface area contributed by atoms with Crippen molar-refractivity contribution in [2.75, 3.05) is 19.6 Å². The van der Waals surface area contributed by atoms with E-state index in [1.165, 1.54) is 10.2 Å². The zero-order valence-corrected chi connectivity index (χ0v) is 12.1. The summed E-state index contributed by atoms with van der Waals surface area (Å²) in [6, 6.07) is 0. The Morgan fingerprint density at radius 2 is 1.77 bits per heavy atom. The third kappa shape index (κ3) is 4.63. The fraction of sp³-hybridized carbons (Fsp3) is 0.818. The SMILES string of the molecule is CC=C(CN(CC)CC)C(C)(C)[SiH3]. The van der Waals surface area contributed by atoms with Gasteiger partial charge in [0.2, 0.25) is 0 Å². The van der Waals surface area contributed by atoms with Crippen molar-refractivity contribution in [3.8, 4) is 0 Å². The predicted octanol–water partition coefficient (Wildman–Crippen LogP) is 1.84. The normalized spacial score (nSPS) is 14.2. The minimum absolute atomic E-state index is 0.456. The van der Waals surface area contributed by atoms with E-state index in [4.69, 9.17) is 0 Å². The van der Waals surface area contributed by atoms with Gasteiger partial charge >= 0.3 is 0 Å². The second-order valence-electron chi connectivity index (χ2n) is 4.53. The molecule has 0 aromatic heterocycles. The van der Waals surface area contributed by atoms with E-state index in [0.29, 0.717) is 5.04 Å². The van der Waals surface area contributed by atoms with Gasteiger partial charge < -0.3 is 0 Å². The van der Waals surface area contributed by atoms with E-state index in [1.54, 1.807) is 5.57 Å². The molecule has 0 aromatic rings. The third-order valence-corrected chi connectivity index (χ3v) is 3.24. The maximum Gasteiger partial charge on any atom is 0.0194 e. The van der Waals surface area contributed by atoms with Crippen molar-refractivity contribution in [2.45, 2.75) is 39.7 Å². The van der Waals surface area contributed by atoms with Crippen molar-refractivity contribution in [1.29, 1.82) is 0 Å². The summed E-state index contributed by atoms with van der Waals surface area (Å²) in [5.41, 5.74) is 1.60. The van der Waals surface area contributed by atoms with Crippen molar-refractivity contribution in [1.82, 2.24) is 4.90 Å². The molecule has 0 aromatic carbocycles. The summed E-state index contributed by atoms with van der Waals surface area (Å²) >= 11 is 0. The van der Waals surface area contributed by atoms with Crippen LogP contribution in [-0.4, -0.2) is 34.8 Å². The predicted molar refractivity (Wildman–Crippen MR) is 65.5 cm³/mol. The van der Waals surface area contributed by atoms with Crippen LogP contribution in [0.4, 0.5) is 0 Å². The summed E-state index contributed by atoms with van der Waals surface area (Å²) in [6.07, 6.45) is 2.30. The molecule has 0 N–H and O–H groups in total. The van der Waals surface area contributed by atoms with Gasteiger partial charge in [-0.1, -0.05) is 39.3 Å². The first kappa shape index (κ1) is 12.9. The standard InChI is InChI=1S/C11H25NSi/c1-6-10(11(4,5)13)9-12(7-2)8-3/h6H,7-9H2,1-5,13H3. The van der Waals surface area contributed by atoms with Gasteiger partial charge in [-0.25, -0.2) is 0 Å². The smallest absolute Gasteiger partial charge is 0.0194 e. The Kier molecular flexibility index (Phi) is 5.57. The lowest BCUT2D eigenvalue weighted by molar-refractivity contribution is 0.322. The Hall–Kier alpha value is -0.0831. The largest absolute Gasteiger partial charge is 0.300 e. The van der Waals surface area contributed by atoms with Gasteiger partial charge in [0.05, 0.1) is 0 Å². The third-order valence-electron chi connectivity index (χ3n) is 2.60. The number of hydrogen-bond acceptors (Lipinski definition) is 1. The molecule has 78 valence electrons. The van der Waals surface area contributed by atoms with E-state index < -0.39 is 0 Å². The van der Waals surface area contributed by atoms with Gasteiger partial charge in [0.15, 0.2) is 0 Å². The molecular weight excluding hydrogens is 174 g/mol. The molecule has 0 amide bonds. The number of nitrogens with zero attached hydrogens (tertiary/aromatic N) is 1. The van der Waals surface area contributed by atoms with Crippen molar-refractivity contribution in [3.63, 3.8) is 0 Å². The molecule has 0 heterocycles. The quantitative estimate of drug-likeness (QED) is 0.482. The van der Waals surface area contributed by atoms with E-state index in [9.17, 15) is 0 Å². The Labute approximate surface area is 86.6 Å². The van der Waals surface area contributed by atoms with Crippen LogP contribution in [0.5, 0.6) is 0 Å². The van der Waals surface area contributed by atoms with E-state index >= 15 is 0 Å². The zero-order valence-electron chi connectivity index (χ0n) is 10.1. The van der Waals surface area contributed by atoms with Crippen molar-refractivity contribution < 1.29 is 0 Å². The number of allylic oxidation sites excluding steroid dienone is 1. The van der Waals surface area contributed by atoms with Gasteiger partial charge in [0.1, 0.15) is 0 Å². The van der Waals surface area contributed by atoms with Crippen LogP contribution in [0.25, 0.3) is 0 Å². The van der Waals surface area contributed by atoms with Gasteiger partial charge in [0, 0.05) is 16.8 Å². The van der Waals surface area contributed by atoms with Crippen LogP contribution in [-0.2, 0) is 0 Å². The first-order valence-electron chi connectivity index (χ1n) is 5.33. The molecule has 0 spiro atoms. The van der Waals surface area contributed by atoms with E-state index in [1.807, 2.05) is 0 Å². The fourth-order valence-corrected chi connectivity index (χ4v) is 1.90. The Morgan fingerprint density at radius 3 is 2.00 bits per heavy atom. The van der Waals surface area contributed by atoms with Crippen molar-refractivity contribution in [3.05, 3.63) is 11.6 Å². The van der Waals surface area contributed by atoms with Crippen molar-refractivity contribution >= 4 is 10.2 Å². The average Bonchev–Trinajstić information content (AvgIpc) is 2.04. The highest BCUT2D eigenvalue weighted by molar-refractivity contribution is 6.16. The average molecular weight is 199 g/mol. The molecule has 0 radical (unpaired) electrons. The molecule has 2 heteroatoms. The highest BCUT2D eigenvalue weighted by Gasteiger charge is 2.17. The molecule has 0 saturated heterocycles. The molecule has 0 bridgehead atoms. The summed E-state index contributed by atoms with van der Waals surface area (Å²) < 4.78 is 0. The van der Waals surface area contributed by atoms with Crippen LogP contribution in [0.3, 0.4) is 0 Å². The van der Waals surface area contributed by atoms with Crippen LogP contribution in [0, 0.1) is 0 Å². The summed E-state index contributed by atoms with van der Waals surface area (Å²) in [4.78, 5) is 2.48. The topological polar surface area (TPSA) is 3.24 Å². The number of hydrogen-bond donors (Lipinski definition) is 0.